The van der Waals surface area contributed by atoms with Gasteiger partial charge >= 0.3 is 0 Å². The Morgan fingerprint density at radius 3 is 2.76 bits per heavy atom. The monoisotopic (exact) mass is 403 g/mol. The quantitative estimate of drug-likeness (QED) is 0.608. The van der Waals surface area contributed by atoms with E-state index in [2.05, 4.69) is 20.6 Å². The van der Waals surface area contributed by atoms with Crippen molar-refractivity contribution in [1.82, 2.24) is 19.7 Å². The van der Waals surface area contributed by atoms with Crippen LogP contribution >= 0.6 is 0 Å². The maximum Gasteiger partial charge on any atom is 0.168 e. The Morgan fingerprint density at radius 1 is 1.31 bits per heavy atom. The first-order chi connectivity index (χ1) is 13.8. The highest BCUT2D eigenvalue weighted by Crippen LogP contribution is 2.33. The van der Waals surface area contributed by atoms with Crippen LogP contribution in [0.3, 0.4) is 0 Å². The molecule has 9 heteroatoms. The second-order valence-electron chi connectivity index (χ2n) is 7.67. The van der Waals surface area contributed by atoms with Crippen LogP contribution in [-0.2, 0) is 5.60 Å². The van der Waals surface area contributed by atoms with Crippen molar-refractivity contribution in [2.24, 2.45) is 0 Å². The van der Waals surface area contributed by atoms with Gasteiger partial charge in [-0.05, 0) is 26.8 Å². The Kier molecular flexibility index (Phi) is 4.87. The van der Waals surface area contributed by atoms with Crippen LogP contribution in [0.5, 0.6) is 5.75 Å². The van der Waals surface area contributed by atoms with Gasteiger partial charge in [-0.25, -0.2) is 18.7 Å². The van der Waals surface area contributed by atoms with Gasteiger partial charge in [0.05, 0.1) is 24.6 Å². The third-order valence-electron chi connectivity index (χ3n) is 5.06. The number of methoxy groups -OCH3 is 1. The number of nitrogens with one attached hydrogen (secondary N) is 2. The van der Waals surface area contributed by atoms with E-state index in [1.54, 1.807) is 30.5 Å². The third kappa shape index (κ3) is 3.63. The topological polar surface area (TPSA) is 83.7 Å². The summed E-state index contributed by atoms with van der Waals surface area (Å²) in [5, 5.41) is 16.7. The minimum absolute atomic E-state index is 0.00118. The number of anilines is 1. The highest BCUT2D eigenvalue weighted by molar-refractivity contribution is 5.64. The molecular formula is C20H23F2N5O2. The first-order valence-corrected chi connectivity index (χ1v) is 9.39. The molecule has 154 valence electrons. The molecule has 1 fully saturated rings. The van der Waals surface area contributed by atoms with Crippen molar-refractivity contribution in [2.45, 2.75) is 31.9 Å². The van der Waals surface area contributed by atoms with Crippen LogP contribution in [0.1, 0.15) is 25.8 Å². The number of halogens is 2. The molecule has 1 atom stereocenters. The molecule has 1 unspecified atom stereocenters. The summed E-state index contributed by atoms with van der Waals surface area (Å²) in [4.78, 5) is 8.51. The van der Waals surface area contributed by atoms with Crippen molar-refractivity contribution in [3.05, 3.63) is 41.7 Å². The Bertz CT molecular complexity index is 1060. The average Bonchev–Trinajstić information content (AvgIpc) is 3.31. The standard InChI is InChI=1S/C20H23F2N5O2/c1-20(2,28)12-10-27-15(9-24-17(27)7-16(12)29-3)18-13(21)6-14(22)19(26-18)25-11-4-5-23-8-11/h6-7,9-11,23,28H,4-5,8H2,1-3H3,(H,25,26). The van der Waals surface area contributed by atoms with Crippen molar-refractivity contribution >= 4 is 11.5 Å². The van der Waals surface area contributed by atoms with Gasteiger partial charge in [-0.1, -0.05) is 0 Å². The number of rotatable bonds is 5. The largest absolute Gasteiger partial charge is 0.496 e. The summed E-state index contributed by atoms with van der Waals surface area (Å²) < 4.78 is 35.9. The van der Waals surface area contributed by atoms with Crippen molar-refractivity contribution < 1.29 is 18.6 Å². The van der Waals surface area contributed by atoms with Gasteiger partial charge in [-0.15, -0.1) is 0 Å². The van der Waals surface area contributed by atoms with Gasteiger partial charge < -0.3 is 20.5 Å². The minimum Gasteiger partial charge on any atom is -0.496 e. The summed E-state index contributed by atoms with van der Waals surface area (Å²) in [6.45, 7) is 4.78. The van der Waals surface area contributed by atoms with E-state index < -0.39 is 17.2 Å². The Hall–Kier alpha value is -2.78. The van der Waals surface area contributed by atoms with Crippen LogP contribution < -0.4 is 15.4 Å². The zero-order chi connectivity index (χ0) is 20.8. The fourth-order valence-electron chi connectivity index (χ4n) is 3.53. The minimum atomic E-state index is -1.20. The van der Waals surface area contributed by atoms with Crippen molar-refractivity contribution in [1.29, 1.82) is 0 Å². The second-order valence-corrected chi connectivity index (χ2v) is 7.67. The molecule has 0 radical (unpaired) electrons. The molecule has 1 aliphatic rings. The molecule has 3 aromatic heterocycles. The van der Waals surface area contributed by atoms with Crippen LogP contribution in [0.4, 0.5) is 14.6 Å². The lowest BCUT2D eigenvalue weighted by Crippen LogP contribution is -2.23. The second kappa shape index (κ2) is 7.23. The average molecular weight is 403 g/mol. The molecule has 0 saturated carbocycles. The molecule has 3 N–H and O–H groups in total. The predicted octanol–water partition coefficient (Wildman–Crippen LogP) is 2.68. The maximum absolute atomic E-state index is 14.7. The molecule has 0 amide bonds. The van der Waals surface area contributed by atoms with E-state index in [0.29, 0.717) is 29.2 Å². The Balaban J connectivity index is 1.83. The van der Waals surface area contributed by atoms with E-state index in [1.807, 2.05) is 0 Å². The highest BCUT2D eigenvalue weighted by atomic mass is 19.1. The molecule has 0 aromatic carbocycles. The van der Waals surface area contributed by atoms with Crippen LogP contribution in [0.15, 0.2) is 24.5 Å². The zero-order valence-corrected chi connectivity index (χ0v) is 16.5. The lowest BCUT2D eigenvalue weighted by atomic mass is 9.99. The van der Waals surface area contributed by atoms with Crippen LogP contribution in [-0.4, -0.2) is 45.7 Å². The molecule has 0 spiro atoms. The summed E-state index contributed by atoms with van der Waals surface area (Å²) in [7, 11) is 1.50. The molecule has 1 aliphatic heterocycles. The molecule has 29 heavy (non-hydrogen) atoms. The van der Waals surface area contributed by atoms with Gasteiger partial charge in [-0.2, -0.15) is 0 Å². The van der Waals surface area contributed by atoms with Gasteiger partial charge in [0.25, 0.3) is 0 Å². The van der Waals surface area contributed by atoms with Crippen LogP contribution in [0, 0.1) is 11.6 Å². The number of hydrogen-bond acceptors (Lipinski definition) is 6. The molecule has 7 nitrogen and oxygen atoms in total. The normalized spacial score (nSPS) is 17.1. The van der Waals surface area contributed by atoms with Crippen LogP contribution in [0.2, 0.25) is 0 Å². The number of imidazole rings is 1. The molecule has 1 saturated heterocycles. The Morgan fingerprint density at radius 2 is 2.10 bits per heavy atom. The lowest BCUT2D eigenvalue weighted by Gasteiger charge is -2.21. The van der Waals surface area contributed by atoms with Crippen molar-refractivity contribution in [2.75, 3.05) is 25.5 Å². The predicted molar refractivity (Wildman–Crippen MR) is 105 cm³/mol. The number of aliphatic hydroxyl groups is 1. The number of ether oxygens (including phenoxy) is 1. The number of pyridine rings is 2. The Labute approximate surface area is 166 Å². The van der Waals surface area contributed by atoms with Gasteiger partial charge in [0.2, 0.25) is 0 Å². The summed E-state index contributed by atoms with van der Waals surface area (Å²) in [5.74, 6) is -1.07. The van der Waals surface area contributed by atoms with Gasteiger partial charge in [0.1, 0.15) is 17.1 Å². The van der Waals surface area contributed by atoms with Crippen molar-refractivity contribution in [3.63, 3.8) is 0 Å². The highest BCUT2D eigenvalue weighted by Gasteiger charge is 2.25. The molecule has 0 bridgehead atoms. The number of nitrogens with zero attached hydrogens (tertiary/aromatic N) is 3. The van der Waals surface area contributed by atoms with Gasteiger partial charge in [0, 0.05) is 36.5 Å². The number of hydrogen-bond donors (Lipinski definition) is 3. The first kappa shape index (κ1) is 19.5. The van der Waals surface area contributed by atoms with E-state index in [4.69, 9.17) is 4.74 Å². The SMILES string of the molecule is COc1cc2ncc(-c3nc(NC4CCNC4)c(F)cc3F)n2cc1C(C)(C)O. The molecule has 4 rings (SSSR count). The van der Waals surface area contributed by atoms with E-state index in [9.17, 15) is 13.9 Å². The maximum atomic E-state index is 14.7. The summed E-state index contributed by atoms with van der Waals surface area (Å²) >= 11 is 0. The summed E-state index contributed by atoms with van der Waals surface area (Å²) in [5.41, 5.74) is 0.116. The lowest BCUT2D eigenvalue weighted by molar-refractivity contribution is 0.0752. The molecular weight excluding hydrogens is 380 g/mol. The van der Waals surface area contributed by atoms with Crippen molar-refractivity contribution in [3.8, 4) is 17.1 Å². The summed E-state index contributed by atoms with van der Waals surface area (Å²) in [6.07, 6.45) is 3.93. The fraction of sp³-hybridized carbons (Fsp3) is 0.400. The van der Waals surface area contributed by atoms with Crippen LogP contribution in [0.25, 0.3) is 17.0 Å². The van der Waals surface area contributed by atoms with Gasteiger partial charge in [0.15, 0.2) is 17.5 Å². The first-order valence-electron chi connectivity index (χ1n) is 9.39. The number of aromatic nitrogens is 3. The molecule has 4 heterocycles. The fourth-order valence-corrected chi connectivity index (χ4v) is 3.53. The zero-order valence-electron chi connectivity index (χ0n) is 16.5. The third-order valence-corrected chi connectivity index (χ3v) is 5.06. The van der Waals surface area contributed by atoms with E-state index in [-0.39, 0.29) is 17.6 Å². The van der Waals surface area contributed by atoms with E-state index >= 15 is 0 Å². The van der Waals surface area contributed by atoms with E-state index in [1.165, 1.54) is 13.3 Å². The van der Waals surface area contributed by atoms with Gasteiger partial charge in [-0.3, -0.25) is 4.40 Å². The molecule has 0 aliphatic carbocycles. The summed E-state index contributed by atoms with van der Waals surface area (Å²) in [6, 6.07) is 2.51. The smallest absolute Gasteiger partial charge is 0.168 e. The number of fused-ring (bicyclic) bond motifs is 1. The van der Waals surface area contributed by atoms with E-state index in [0.717, 1.165) is 19.0 Å². The molecule has 3 aromatic rings.